The van der Waals surface area contributed by atoms with Crippen LogP contribution in [0.15, 0.2) is 44.7 Å². The van der Waals surface area contributed by atoms with Gasteiger partial charge in [-0.3, -0.25) is 0 Å². The molecule has 6 heteroatoms. The van der Waals surface area contributed by atoms with E-state index in [1.54, 1.807) is 11.3 Å². The van der Waals surface area contributed by atoms with Gasteiger partial charge in [0.1, 0.15) is 18.5 Å². The molecule has 2 rings (SSSR count). The maximum absolute atomic E-state index is 9.86. The van der Waals surface area contributed by atoms with Gasteiger partial charge in [0.05, 0.1) is 3.79 Å². The van der Waals surface area contributed by atoms with Crippen LogP contribution in [-0.2, 0) is 6.42 Å². The first-order valence-electron chi connectivity index (χ1n) is 6.65. The summed E-state index contributed by atoms with van der Waals surface area (Å²) in [6, 6.07) is 11.8. The third-order valence-corrected chi connectivity index (χ3v) is 5.03. The van der Waals surface area contributed by atoms with Crippen LogP contribution in [0.25, 0.3) is 0 Å². The Bertz CT molecular complexity index is 545. The van der Waals surface area contributed by atoms with Gasteiger partial charge in [-0.1, -0.05) is 15.9 Å². The van der Waals surface area contributed by atoms with Crippen molar-refractivity contribution >= 4 is 43.2 Å². The van der Waals surface area contributed by atoms with Crippen molar-refractivity contribution in [2.24, 2.45) is 0 Å². The summed E-state index contributed by atoms with van der Waals surface area (Å²) in [5, 5.41) is 13.1. The van der Waals surface area contributed by atoms with Gasteiger partial charge in [0.25, 0.3) is 0 Å². The third-order valence-electron chi connectivity index (χ3n) is 2.81. The lowest BCUT2D eigenvalue weighted by molar-refractivity contribution is 0.106. The zero-order chi connectivity index (χ0) is 15.1. The Hall–Kier alpha value is -0.400. The van der Waals surface area contributed by atoms with Crippen LogP contribution in [0.2, 0.25) is 0 Å². The van der Waals surface area contributed by atoms with Gasteiger partial charge in [-0.05, 0) is 58.7 Å². The molecule has 21 heavy (non-hydrogen) atoms. The van der Waals surface area contributed by atoms with Gasteiger partial charge in [0, 0.05) is 22.4 Å². The fraction of sp³-hybridized carbons (Fsp3) is 0.333. The van der Waals surface area contributed by atoms with Crippen molar-refractivity contribution < 1.29 is 9.84 Å². The van der Waals surface area contributed by atoms with Gasteiger partial charge in [-0.15, -0.1) is 11.3 Å². The fourth-order valence-electron chi connectivity index (χ4n) is 1.75. The zero-order valence-corrected chi connectivity index (χ0v) is 15.4. The normalized spacial score (nSPS) is 12.3. The maximum atomic E-state index is 9.86. The van der Waals surface area contributed by atoms with Crippen LogP contribution < -0.4 is 10.1 Å². The molecule has 1 atom stereocenters. The molecule has 0 aliphatic carbocycles. The molecule has 1 heterocycles. The Morgan fingerprint density at radius 1 is 1.14 bits per heavy atom. The Kier molecular flexibility index (Phi) is 7.19. The SMILES string of the molecule is OC(CNCCc1ccc(Br)s1)COc1ccc(Br)cc1. The van der Waals surface area contributed by atoms with Gasteiger partial charge in [-0.2, -0.15) is 0 Å². The van der Waals surface area contributed by atoms with E-state index >= 15 is 0 Å². The number of ether oxygens (including phenoxy) is 1. The van der Waals surface area contributed by atoms with Gasteiger partial charge < -0.3 is 15.2 Å². The highest BCUT2D eigenvalue weighted by atomic mass is 79.9. The van der Waals surface area contributed by atoms with Crippen molar-refractivity contribution in [1.82, 2.24) is 5.32 Å². The highest BCUT2D eigenvalue weighted by Gasteiger charge is 2.05. The van der Waals surface area contributed by atoms with Crippen molar-refractivity contribution in [2.45, 2.75) is 12.5 Å². The van der Waals surface area contributed by atoms with Crippen LogP contribution in [0.3, 0.4) is 0 Å². The van der Waals surface area contributed by atoms with E-state index in [-0.39, 0.29) is 0 Å². The summed E-state index contributed by atoms with van der Waals surface area (Å²) in [5.41, 5.74) is 0. The molecule has 1 aromatic carbocycles. The monoisotopic (exact) mass is 433 g/mol. The molecule has 0 aliphatic rings. The highest BCUT2D eigenvalue weighted by Crippen LogP contribution is 2.22. The predicted molar refractivity (Wildman–Crippen MR) is 94.2 cm³/mol. The van der Waals surface area contributed by atoms with E-state index in [4.69, 9.17) is 4.74 Å². The van der Waals surface area contributed by atoms with E-state index in [0.717, 1.165) is 27.0 Å². The number of nitrogens with one attached hydrogen (secondary N) is 1. The number of thiophene rings is 1. The molecule has 0 amide bonds. The lowest BCUT2D eigenvalue weighted by Gasteiger charge is -2.13. The van der Waals surface area contributed by atoms with E-state index in [1.807, 2.05) is 24.3 Å². The van der Waals surface area contributed by atoms with Gasteiger partial charge in [0.15, 0.2) is 0 Å². The molecule has 1 aromatic heterocycles. The average molecular weight is 435 g/mol. The number of aliphatic hydroxyl groups is 1. The van der Waals surface area contributed by atoms with E-state index in [9.17, 15) is 5.11 Å². The molecule has 0 bridgehead atoms. The summed E-state index contributed by atoms with van der Waals surface area (Å²) < 4.78 is 7.69. The van der Waals surface area contributed by atoms with Crippen LogP contribution >= 0.6 is 43.2 Å². The van der Waals surface area contributed by atoms with Crippen LogP contribution in [0, 0.1) is 0 Å². The summed E-state index contributed by atoms with van der Waals surface area (Å²) in [7, 11) is 0. The summed E-state index contributed by atoms with van der Waals surface area (Å²) in [4.78, 5) is 1.33. The second-order valence-corrected chi connectivity index (χ2v) is 8.04. The number of halogens is 2. The highest BCUT2D eigenvalue weighted by molar-refractivity contribution is 9.11. The average Bonchev–Trinajstić information content (AvgIpc) is 2.89. The molecule has 2 N–H and O–H groups in total. The first-order chi connectivity index (χ1) is 10.1. The molecule has 0 fully saturated rings. The lowest BCUT2D eigenvalue weighted by Crippen LogP contribution is -2.32. The van der Waals surface area contributed by atoms with Crippen molar-refractivity contribution in [3.8, 4) is 5.75 Å². The van der Waals surface area contributed by atoms with Gasteiger partial charge >= 0.3 is 0 Å². The van der Waals surface area contributed by atoms with E-state index in [1.165, 1.54) is 4.88 Å². The Morgan fingerprint density at radius 2 is 1.90 bits per heavy atom. The minimum atomic E-state index is -0.510. The maximum Gasteiger partial charge on any atom is 0.119 e. The Balaban J connectivity index is 1.59. The molecule has 0 spiro atoms. The second-order valence-electron chi connectivity index (χ2n) is 4.58. The first-order valence-corrected chi connectivity index (χ1v) is 9.05. The summed E-state index contributed by atoms with van der Waals surface area (Å²) >= 11 is 8.56. The standard InChI is InChI=1S/C15H17Br2NO2S/c16-11-1-3-13(4-2-11)20-10-12(19)9-18-8-7-14-5-6-15(17)21-14/h1-6,12,18-19H,7-10H2. The molecule has 2 aromatic rings. The fourth-order valence-corrected chi connectivity index (χ4v) is 3.50. The zero-order valence-electron chi connectivity index (χ0n) is 11.4. The van der Waals surface area contributed by atoms with Crippen molar-refractivity contribution in [2.75, 3.05) is 19.7 Å². The smallest absolute Gasteiger partial charge is 0.119 e. The van der Waals surface area contributed by atoms with E-state index < -0.39 is 6.10 Å². The number of hydrogen-bond acceptors (Lipinski definition) is 4. The van der Waals surface area contributed by atoms with E-state index in [2.05, 4.69) is 49.3 Å². The number of rotatable bonds is 8. The second kappa shape index (κ2) is 8.90. The predicted octanol–water partition coefficient (Wildman–Crippen LogP) is 3.85. The minimum Gasteiger partial charge on any atom is -0.491 e. The molecule has 1 unspecified atom stereocenters. The summed E-state index contributed by atoms with van der Waals surface area (Å²) in [5.74, 6) is 0.765. The number of aliphatic hydroxyl groups excluding tert-OH is 1. The van der Waals surface area contributed by atoms with Gasteiger partial charge in [-0.25, -0.2) is 0 Å². The van der Waals surface area contributed by atoms with Crippen molar-refractivity contribution in [3.05, 3.63) is 49.5 Å². The summed E-state index contributed by atoms with van der Waals surface area (Å²) in [6.07, 6.45) is 0.458. The first kappa shape index (κ1) is 17.0. The largest absolute Gasteiger partial charge is 0.491 e. The number of benzene rings is 1. The topological polar surface area (TPSA) is 41.5 Å². The molecule has 0 aliphatic heterocycles. The van der Waals surface area contributed by atoms with Crippen LogP contribution in [-0.4, -0.2) is 30.9 Å². The number of hydrogen-bond donors (Lipinski definition) is 2. The molecule has 114 valence electrons. The third kappa shape index (κ3) is 6.48. The molecule has 0 saturated heterocycles. The van der Waals surface area contributed by atoms with Crippen LogP contribution in [0.4, 0.5) is 0 Å². The Morgan fingerprint density at radius 3 is 2.57 bits per heavy atom. The lowest BCUT2D eigenvalue weighted by atomic mass is 10.3. The van der Waals surface area contributed by atoms with E-state index in [0.29, 0.717) is 13.2 Å². The minimum absolute atomic E-state index is 0.291. The van der Waals surface area contributed by atoms with Crippen molar-refractivity contribution in [1.29, 1.82) is 0 Å². The molecular weight excluding hydrogens is 418 g/mol. The quantitative estimate of drug-likeness (QED) is 0.620. The summed E-state index contributed by atoms with van der Waals surface area (Å²) in [6.45, 7) is 1.67. The van der Waals surface area contributed by atoms with Gasteiger partial charge in [0.2, 0.25) is 0 Å². The Labute approximate surface area is 145 Å². The molecule has 0 saturated carbocycles. The molecule has 3 nitrogen and oxygen atoms in total. The van der Waals surface area contributed by atoms with Crippen LogP contribution in [0.1, 0.15) is 4.88 Å². The van der Waals surface area contributed by atoms with Crippen LogP contribution in [0.5, 0.6) is 5.75 Å². The van der Waals surface area contributed by atoms with Crippen molar-refractivity contribution in [3.63, 3.8) is 0 Å². The molecule has 0 radical (unpaired) electrons. The molecular formula is C15H17Br2NO2S.